The van der Waals surface area contributed by atoms with Crippen LogP contribution in [0.5, 0.6) is 0 Å². The maximum atomic E-state index is 10.9. The molecule has 0 amide bonds. The van der Waals surface area contributed by atoms with E-state index in [2.05, 4.69) is 12.7 Å². The van der Waals surface area contributed by atoms with Crippen LogP contribution in [-0.2, 0) is 4.79 Å². The minimum Gasteiger partial charge on any atom is -0.294 e. The van der Waals surface area contributed by atoms with Gasteiger partial charge in [0.25, 0.3) is 0 Å². The largest absolute Gasteiger partial charge is 0.294 e. The molecule has 0 radical (unpaired) electrons. The molecule has 0 aromatic carbocycles. The first-order chi connectivity index (χ1) is 4.30. The SMILES string of the molecule is C=C1C(=O)C2C=CCC12. The molecule has 0 aromatic heterocycles. The van der Waals surface area contributed by atoms with Crippen molar-refractivity contribution in [2.45, 2.75) is 6.42 Å². The first kappa shape index (κ1) is 4.98. The summed E-state index contributed by atoms with van der Waals surface area (Å²) in [5.74, 6) is 0.962. The normalized spacial score (nSPS) is 38.7. The third-order valence-corrected chi connectivity index (χ3v) is 2.23. The van der Waals surface area contributed by atoms with E-state index in [0.717, 1.165) is 12.0 Å². The van der Waals surface area contributed by atoms with Gasteiger partial charge in [-0.2, -0.15) is 0 Å². The highest BCUT2D eigenvalue weighted by atomic mass is 16.1. The third-order valence-electron chi connectivity index (χ3n) is 2.23. The average Bonchev–Trinajstić information content (AvgIpc) is 2.30. The second-order valence-electron chi connectivity index (χ2n) is 2.69. The van der Waals surface area contributed by atoms with Crippen molar-refractivity contribution in [3.05, 3.63) is 24.3 Å². The molecule has 1 saturated carbocycles. The highest BCUT2D eigenvalue weighted by Crippen LogP contribution is 2.42. The molecular weight excluding hydrogens is 112 g/mol. The van der Waals surface area contributed by atoms with Gasteiger partial charge in [0.05, 0.1) is 0 Å². The maximum absolute atomic E-state index is 10.9. The maximum Gasteiger partial charge on any atom is 0.166 e. The topological polar surface area (TPSA) is 17.1 Å². The molecule has 0 bridgehead atoms. The molecule has 0 aromatic rings. The minimum absolute atomic E-state index is 0.220. The zero-order valence-electron chi connectivity index (χ0n) is 5.13. The lowest BCUT2D eigenvalue weighted by atomic mass is 9.71. The molecule has 2 unspecified atom stereocenters. The fraction of sp³-hybridized carbons (Fsp3) is 0.375. The van der Waals surface area contributed by atoms with Crippen LogP contribution >= 0.6 is 0 Å². The van der Waals surface area contributed by atoms with Crippen molar-refractivity contribution in [2.75, 3.05) is 0 Å². The van der Waals surface area contributed by atoms with Crippen LogP contribution in [0.1, 0.15) is 6.42 Å². The Morgan fingerprint density at radius 1 is 1.67 bits per heavy atom. The van der Waals surface area contributed by atoms with Gasteiger partial charge in [-0.3, -0.25) is 4.79 Å². The standard InChI is InChI=1S/C8H8O/c1-5-6-3-2-4-7(6)8(5)9/h2,4,6-7H,1,3H2. The van der Waals surface area contributed by atoms with Gasteiger partial charge in [0.1, 0.15) is 0 Å². The Labute approximate surface area is 54.1 Å². The van der Waals surface area contributed by atoms with Crippen LogP contribution in [0.3, 0.4) is 0 Å². The lowest BCUT2D eigenvalue weighted by Crippen LogP contribution is -2.35. The van der Waals surface area contributed by atoms with E-state index in [0.29, 0.717) is 5.92 Å². The first-order valence-corrected chi connectivity index (χ1v) is 3.20. The number of allylic oxidation sites excluding steroid dienone is 3. The van der Waals surface area contributed by atoms with Gasteiger partial charge in [0, 0.05) is 11.8 Å². The summed E-state index contributed by atoms with van der Waals surface area (Å²) in [6.07, 6.45) is 5.11. The van der Waals surface area contributed by atoms with Crippen molar-refractivity contribution in [1.29, 1.82) is 0 Å². The quantitative estimate of drug-likeness (QED) is 0.348. The Morgan fingerprint density at radius 2 is 2.44 bits per heavy atom. The van der Waals surface area contributed by atoms with E-state index in [9.17, 15) is 4.79 Å². The van der Waals surface area contributed by atoms with Gasteiger partial charge in [-0.15, -0.1) is 0 Å². The van der Waals surface area contributed by atoms with Crippen molar-refractivity contribution in [3.8, 4) is 0 Å². The molecule has 2 rings (SSSR count). The highest BCUT2D eigenvalue weighted by molar-refractivity contribution is 6.06. The summed E-state index contributed by atoms with van der Waals surface area (Å²) < 4.78 is 0. The number of ketones is 1. The third kappa shape index (κ3) is 0.424. The predicted octanol–water partition coefficient (Wildman–Crippen LogP) is 1.32. The molecule has 0 aliphatic heterocycles. The molecule has 1 heteroatoms. The summed E-state index contributed by atoms with van der Waals surface area (Å²) in [4.78, 5) is 10.9. The van der Waals surface area contributed by atoms with Crippen molar-refractivity contribution < 1.29 is 4.79 Å². The van der Waals surface area contributed by atoms with E-state index in [1.54, 1.807) is 0 Å². The molecular formula is C8H8O. The lowest BCUT2D eigenvalue weighted by molar-refractivity contribution is -0.123. The molecule has 1 fully saturated rings. The minimum atomic E-state index is 0.220. The van der Waals surface area contributed by atoms with Gasteiger partial charge >= 0.3 is 0 Å². The van der Waals surface area contributed by atoms with Crippen LogP contribution < -0.4 is 0 Å². The fourth-order valence-corrected chi connectivity index (χ4v) is 1.58. The van der Waals surface area contributed by atoms with E-state index in [1.807, 2.05) is 6.08 Å². The molecule has 46 valence electrons. The second-order valence-corrected chi connectivity index (χ2v) is 2.69. The van der Waals surface area contributed by atoms with Gasteiger partial charge in [-0.1, -0.05) is 18.7 Å². The fourth-order valence-electron chi connectivity index (χ4n) is 1.58. The smallest absolute Gasteiger partial charge is 0.166 e. The van der Waals surface area contributed by atoms with Crippen molar-refractivity contribution in [3.63, 3.8) is 0 Å². The van der Waals surface area contributed by atoms with Gasteiger partial charge in [0.15, 0.2) is 5.78 Å². The summed E-state index contributed by atoms with van der Waals surface area (Å²) in [6, 6.07) is 0. The van der Waals surface area contributed by atoms with Crippen LogP contribution in [0.25, 0.3) is 0 Å². The molecule has 9 heavy (non-hydrogen) atoms. The van der Waals surface area contributed by atoms with Crippen LogP contribution in [0.4, 0.5) is 0 Å². The van der Waals surface area contributed by atoms with E-state index in [4.69, 9.17) is 0 Å². The summed E-state index contributed by atoms with van der Waals surface area (Å²) >= 11 is 0. The lowest BCUT2D eigenvalue weighted by Gasteiger charge is -2.30. The predicted molar refractivity (Wildman–Crippen MR) is 34.9 cm³/mol. The Bertz CT molecular complexity index is 213. The summed E-state index contributed by atoms with van der Waals surface area (Å²) in [7, 11) is 0. The average molecular weight is 120 g/mol. The number of hydrogen-bond acceptors (Lipinski definition) is 1. The molecule has 1 nitrogen and oxygen atoms in total. The van der Waals surface area contributed by atoms with Gasteiger partial charge in [-0.25, -0.2) is 0 Å². The van der Waals surface area contributed by atoms with Crippen molar-refractivity contribution in [1.82, 2.24) is 0 Å². The van der Waals surface area contributed by atoms with E-state index in [1.165, 1.54) is 0 Å². The zero-order valence-corrected chi connectivity index (χ0v) is 5.13. The van der Waals surface area contributed by atoms with E-state index in [-0.39, 0.29) is 11.7 Å². The van der Waals surface area contributed by atoms with E-state index < -0.39 is 0 Å². The van der Waals surface area contributed by atoms with E-state index >= 15 is 0 Å². The summed E-state index contributed by atoms with van der Waals surface area (Å²) in [5.41, 5.74) is 0.838. The number of carbonyl (C=O) groups excluding carboxylic acids is 1. The molecule has 2 aliphatic carbocycles. The van der Waals surface area contributed by atoms with Gasteiger partial charge in [-0.05, 0) is 12.0 Å². The van der Waals surface area contributed by atoms with Crippen molar-refractivity contribution in [2.24, 2.45) is 11.8 Å². The molecule has 2 atom stereocenters. The van der Waals surface area contributed by atoms with Crippen LogP contribution in [0.2, 0.25) is 0 Å². The number of rotatable bonds is 0. The summed E-state index contributed by atoms with van der Waals surface area (Å²) in [5, 5.41) is 0. The number of Topliss-reactive ketones (excluding diaryl/α,β-unsaturated/α-hetero) is 1. The zero-order chi connectivity index (χ0) is 6.43. The molecule has 0 N–H and O–H groups in total. The number of fused-ring (bicyclic) bond motifs is 1. The Hall–Kier alpha value is -0.850. The van der Waals surface area contributed by atoms with Crippen LogP contribution in [0.15, 0.2) is 24.3 Å². The Morgan fingerprint density at radius 3 is 3.11 bits per heavy atom. The first-order valence-electron chi connectivity index (χ1n) is 3.20. The molecule has 0 spiro atoms. The number of hydrogen-bond donors (Lipinski definition) is 0. The van der Waals surface area contributed by atoms with Gasteiger partial charge in [0.2, 0.25) is 0 Å². The van der Waals surface area contributed by atoms with Crippen LogP contribution in [-0.4, -0.2) is 5.78 Å². The molecule has 0 heterocycles. The highest BCUT2D eigenvalue weighted by Gasteiger charge is 2.43. The van der Waals surface area contributed by atoms with Gasteiger partial charge < -0.3 is 0 Å². The second kappa shape index (κ2) is 1.35. The molecule has 0 saturated heterocycles. The molecule has 2 aliphatic rings. The van der Waals surface area contributed by atoms with Crippen LogP contribution in [0, 0.1) is 11.8 Å². The Kier molecular flexibility index (Phi) is 0.747. The Balaban J connectivity index is 2.31. The van der Waals surface area contributed by atoms with Crippen molar-refractivity contribution >= 4 is 5.78 Å². The summed E-state index contributed by atoms with van der Waals surface area (Å²) in [6.45, 7) is 3.69. The number of carbonyl (C=O) groups is 1. The monoisotopic (exact) mass is 120 g/mol.